The second-order valence-corrected chi connectivity index (χ2v) is 3.69. The highest BCUT2D eigenvalue weighted by atomic mass is 31.2. The van der Waals surface area contributed by atoms with E-state index in [1.165, 1.54) is 7.05 Å². The number of likely N-dealkylation sites (N-methyl/N-ethyl adjacent to an activating group) is 1. The highest BCUT2D eigenvalue weighted by Crippen LogP contribution is 2.35. The van der Waals surface area contributed by atoms with Gasteiger partial charge in [-0.05, 0) is 7.05 Å². The van der Waals surface area contributed by atoms with E-state index in [0.717, 1.165) is 0 Å². The third kappa shape index (κ3) is 5.90. The van der Waals surface area contributed by atoms with E-state index in [9.17, 15) is 9.36 Å². The quantitative estimate of drug-likeness (QED) is 0.520. The van der Waals surface area contributed by atoms with Gasteiger partial charge in [-0.25, -0.2) is 4.57 Å². The van der Waals surface area contributed by atoms with E-state index in [2.05, 4.69) is 9.84 Å². The molecule has 78 valence electrons. The van der Waals surface area contributed by atoms with Crippen molar-refractivity contribution in [3.05, 3.63) is 0 Å². The molecule has 0 fully saturated rings. The third-order valence-corrected chi connectivity index (χ3v) is 1.98. The third-order valence-electron chi connectivity index (χ3n) is 1.49. The van der Waals surface area contributed by atoms with Gasteiger partial charge in [0.25, 0.3) is 0 Å². The van der Waals surface area contributed by atoms with Crippen LogP contribution in [0, 0.1) is 0 Å². The number of hydrogen-bond donors (Lipinski definition) is 3. The second kappa shape index (κ2) is 5.47. The molecule has 13 heavy (non-hydrogen) atoms. The number of hydrogen-bond acceptors (Lipinski definition) is 4. The van der Waals surface area contributed by atoms with Crippen LogP contribution >= 0.6 is 7.82 Å². The second-order valence-electron chi connectivity index (χ2n) is 2.45. The number of carbonyl (C=O) groups is 1. The molecule has 0 aromatic heterocycles. The van der Waals surface area contributed by atoms with Gasteiger partial charge in [-0.3, -0.25) is 9.32 Å². The normalized spacial score (nSPS) is 14.2. The van der Waals surface area contributed by atoms with Gasteiger partial charge in [0.2, 0.25) is 0 Å². The molecule has 0 heterocycles. The molecule has 0 aliphatic heterocycles. The van der Waals surface area contributed by atoms with Crippen LogP contribution in [0.5, 0.6) is 0 Å². The Kier molecular flexibility index (Phi) is 5.36. The topological polar surface area (TPSA) is 95.9 Å². The van der Waals surface area contributed by atoms with Gasteiger partial charge >= 0.3 is 7.82 Å². The summed E-state index contributed by atoms with van der Waals surface area (Å²) in [5, 5.41) is 2.61. The predicted octanol–water partition coefficient (Wildman–Crippen LogP) is -0.337. The zero-order valence-corrected chi connectivity index (χ0v) is 8.45. The van der Waals surface area contributed by atoms with Crippen molar-refractivity contribution in [2.75, 3.05) is 13.7 Å². The van der Waals surface area contributed by atoms with Gasteiger partial charge in [-0.1, -0.05) is 6.92 Å². The van der Waals surface area contributed by atoms with Crippen LogP contribution in [-0.2, 0) is 13.9 Å². The minimum absolute atomic E-state index is 0.143. The minimum atomic E-state index is -4.48. The number of Topliss-reactive ketones (excluding diaryl/α,β-unsaturated/α-hetero) is 1. The van der Waals surface area contributed by atoms with Crippen LogP contribution in [0.15, 0.2) is 0 Å². The first-order valence-corrected chi connectivity index (χ1v) is 5.33. The highest BCUT2D eigenvalue weighted by Gasteiger charge is 2.20. The molecule has 7 heteroatoms. The summed E-state index contributed by atoms with van der Waals surface area (Å²) in [4.78, 5) is 27.8. The smallest absolute Gasteiger partial charge is 0.309 e. The summed E-state index contributed by atoms with van der Waals surface area (Å²) in [5.41, 5.74) is 0. The molecular formula is C6H14NO5P. The molecule has 0 aromatic rings. The van der Waals surface area contributed by atoms with E-state index in [1.54, 1.807) is 6.92 Å². The number of rotatable bonds is 6. The number of ketones is 1. The van der Waals surface area contributed by atoms with Crippen LogP contribution in [-0.4, -0.2) is 35.3 Å². The Morgan fingerprint density at radius 2 is 2.15 bits per heavy atom. The van der Waals surface area contributed by atoms with Gasteiger partial charge < -0.3 is 15.1 Å². The Balaban J connectivity index is 4.00. The van der Waals surface area contributed by atoms with Gasteiger partial charge in [0.1, 0.15) is 0 Å². The van der Waals surface area contributed by atoms with Crippen LogP contribution in [0.1, 0.15) is 13.3 Å². The molecule has 0 saturated heterocycles. The van der Waals surface area contributed by atoms with Crippen LogP contribution in [0.4, 0.5) is 0 Å². The Labute approximate surface area is 76.5 Å². The van der Waals surface area contributed by atoms with E-state index >= 15 is 0 Å². The van der Waals surface area contributed by atoms with Crippen molar-refractivity contribution < 1.29 is 23.7 Å². The van der Waals surface area contributed by atoms with Crippen molar-refractivity contribution in [2.45, 2.75) is 19.4 Å². The average molecular weight is 211 g/mol. The molecule has 0 aliphatic carbocycles. The lowest BCUT2D eigenvalue weighted by molar-refractivity contribution is -0.121. The lowest BCUT2D eigenvalue weighted by Crippen LogP contribution is -2.37. The van der Waals surface area contributed by atoms with Crippen molar-refractivity contribution in [1.29, 1.82) is 0 Å². The Morgan fingerprint density at radius 1 is 1.62 bits per heavy atom. The summed E-state index contributed by atoms with van der Waals surface area (Å²) in [6.07, 6.45) is 0.302. The molecular weight excluding hydrogens is 197 g/mol. The first kappa shape index (κ1) is 12.7. The zero-order valence-electron chi connectivity index (χ0n) is 7.56. The molecule has 0 aliphatic rings. The lowest BCUT2D eigenvalue weighted by atomic mass is 10.1. The van der Waals surface area contributed by atoms with Gasteiger partial charge in [0.15, 0.2) is 5.78 Å². The Morgan fingerprint density at radius 3 is 2.46 bits per heavy atom. The molecule has 0 radical (unpaired) electrons. The van der Waals surface area contributed by atoms with E-state index in [1.807, 2.05) is 0 Å². The maximum absolute atomic E-state index is 11.1. The molecule has 6 nitrogen and oxygen atoms in total. The van der Waals surface area contributed by atoms with Crippen LogP contribution in [0.3, 0.4) is 0 Å². The van der Waals surface area contributed by atoms with Gasteiger partial charge in [-0.15, -0.1) is 0 Å². The van der Waals surface area contributed by atoms with Crippen LogP contribution in [0.25, 0.3) is 0 Å². The first-order chi connectivity index (χ1) is 5.90. The summed E-state index contributed by atoms with van der Waals surface area (Å²) in [6, 6.07) is -0.655. The molecule has 3 N–H and O–H groups in total. The molecule has 1 unspecified atom stereocenters. The number of phosphoric acid groups is 1. The minimum Gasteiger partial charge on any atom is -0.309 e. The van der Waals surface area contributed by atoms with Gasteiger partial charge in [0, 0.05) is 6.42 Å². The first-order valence-electron chi connectivity index (χ1n) is 3.80. The van der Waals surface area contributed by atoms with Crippen molar-refractivity contribution in [3.8, 4) is 0 Å². The van der Waals surface area contributed by atoms with Crippen LogP contribution < -0.4 is 5.32 Å². The van der Waals surface area contributed by atoms with Crippen molar-refractivity contribution in [1.82, 2.24) is 5.32 Å². The largest absolute Gasteiger partial charge is 0.469 e. The molecule has 0 bridgehead atoms. The molecule has 0 rings (SSSR count). The van der Waals surface area contributed by atoms with Crippen molar-refractivity contribution >= 4 is 13.6 Å². The molecule has 0 saturated carbocycles. The van der Waals surface area contributed by atoms with Crippen molar-refractivity contribution in [3.63, 3.8) is 0 Å². The number of carbonyl (C=O) groups excluding carboxylic acids is 1. The maximum Gasteiger partial charge on any atom is 0.469 e. The van der Waals surface area contributed by atoms with Gasteiger partial charge in [0.05, 0.1) is 12.6 Å². The monoisotopic (exact) mass is 211 g/mol. The van der Waals surface area contributed by atoms with Crippen LogP contribution in [0.2, 0.25) is 0 Å². The Hall–Kier alpha value is -0.260. The Bertz CT molecular complexity index is 213. The van der Waals surface area contributed by atoms with E-state index in [-0.39, 0.29) is 12.4 Å². The molecule has 0 aromatic carbocycles. The van der Waals surface area contributed by atoms with Gasteiger partial charge in [-0.2, -0.15) is 0 Å². The van der Waals surface area contributed by atoms with E-state index in [0.29, 0.717) is 6.42 Å². The summed E-state index contributed by atoms with van der Waals surface area (Å²) in [5.74, 6) is -0.143. The van der Waals surface area contributed by atoms with E-state index < -0.39 is 13.9 Å². The summed E-state index contributed by atoms with van der Waals surface area (Å²) < 4.78 is 14.5. The predicted molar refractivity (Wildman–Crippen MR) is 46.1 cm³/mol. The lowest BCUT2D eigenvalue weighted by Gasteiger charge is -2.14. The number of nitrogens with one attached hydrogen (secondary N) is 1. The zero-order chi connectivity index (χ0) is 10.5. The van der Waals surface area contributed by atoms with E-state index in [4.69, 9.17) is 9.79 Å². The fraction of sp³-hybridized carbons (Fsp3) is 0.833. The standard InChI is InChI=1S/C6H14NO5P/c1-3-6(8)5(7-2)4-12-13(9,10)11/h5,7H,3-4H2,1-2H3,(H2,9,10,11). The number of phosphoric ester groups is 1. The average Bonchev–Trinajstić information content (AvgIpc) is 2.03. The molecule has 0 spiro atoms. The summed E-state index contributed by atoms with van der Waals surface area (Å²) in [7, 11) is -2.95. The molecule has 0 amide bonds. The molecule has 1 atom stereocenters. The highest BCUT2D eigenvalue weighted by molar-refractivity contribution is 7.46. The fourth-order valence-electron chi connectivity index (χ4n) is 0.755. The summed E-state index contributed by atoms with van der Waals surface area (Å²) >= 11 is 0. The SMILES string of the molecule is CCC(=O)C(COP(=O)(O)O)NC. The maximum atomic E-state index is 11.1. The van der Waals surface area contributed by atoms with Crippen molar-refractivity contribution in [2.24, 2.45) is 0 Å². The fourth-order valence-corrected chi connectivity index (χ4v) is 1.10. The summed E-state index contributed by atoms with van der Waals surface area (Å²) in [6.45, 7) is 1.36.